The van der Waals surface area contributed by atoms with Gasteiger partial charge in [0.15, 0.2) is 18.4 Å². The first-order chi connectivity index (χ1) is 19.6. The predicted octanol–water partition coefficient (Wildman–Crippen LogP) is 5.91. The Kier molecular flexibility index (Phi) is 5.70. The molecule has 0 amide bonds. The Morgan fingerprint density at radius 2 is 1.51 bits per heavy atom. The van der Waals surface area contributed by atoms with Crippen LogP contribution in [0, 0.1) is 16.7 Å². The molecule has 8 rings (SSSR count). The van der Waals surface area contributed by atoms with Crippen LogP contribution in [-0.2, 0) is 23.7 Å². The van der Waals surface area contributed by atoms with Gasteiger partial charge in [-0.3, -0.25) is 4.79 Å². The number of hydrogen-bond donors (Lipinski definition) is 1. The number of carbonyl (C=O) groups excluding carboxylic acids is 1. The predicted molar refractivity (Wildman–Crippen MR) is 155 cm³/mol. The van der Waals surface area contributed by atoms with Crippen LogP contribution in [0.25, 0.3) is 0 Å². The van der Waals surface area contributed by atoms with E-state index in [1.807, 2.05) is 79.3 Å². The number of fused-ring (bicyclic) bond motifs is 8. The molecule has 1 N–H and O–H groups in total. The Labute approximate surface area is 245 Å². The first kappa shape index (κ1) is 26.6. The number of hydrogen-bond acceptors (Lipinski definition) is 7. The Hall–Kier alpha value is -2.00. The number of benzene rings is 2. The van der Waals surface area contributed by atoms with Crippen LogP contribution >= 0.6 is 11.8 Å². The van der Waals surface area contributed by atoms with Gasteiger partial charge >= 0.3 is 0 Å². The van der Waals surface area contributed by atoms with Crippen LogP contribution in [0.1, 0.15) is 70.7 Å². The molecule has 3 heterocycles. The summed E-state index contributed by atoms with van der Waals surface area (Å²) in [6.45, 7) is 8.57. The molecule has 2 bridgehead atoms. The summed E-state index contributed by atoms with van der Waals surface area (Å²) in [7, 11) is 0. The number of Topliss-reactive ketones (excluding diaryl/α,β-unsaturated/α-hetero) is 1. The Balaban J connectivity index is 1.36. The number of rotatable bonds is 2. The highest BCUT2D eigenvalue weighted by atomic mass is 32.2. The molecule has 2 aromatic carbocycles. The van der Waals surface area contributed by atoms with E-state index in [0.29, 0.717) is 5.75 Å². The van der Waals surface area contributed by atoms with E-state index in [4.69, 9.17) is 18.9 Å². The van der Waals surface area contributed by atoms with Crippen molar-refractivity contribution in [3.05, 3.63) is 82.9 Å². The van der Waals surface area contributed by atoms with Crippen molar-refractivity contribution in [2.45, 2.75) is 94.3 Å². The number of thioether (sulfide) groups is 1. The van der Waals surface area contributed by atoms with Gasteiger partial charge in [0, 0.05) is 45.3 Å². The van der Waals surface area contributed by atoms with E-state index in [9.17, 15) is 9.90 Å². The van der Waals surface area contributed by atoms with Gasteiger partial charge in [-0.1, -0.05) is 81.4 Å². The van der Waals surface area contributed by atoms with Crippen LogP contribution in [-0.4, -0.2) is 51.4 Å². The normalized spacial score (nSPS) is 46.0. The summed E-state index contributed by atoms with van der Waals surface area (Å²) in [5.41, 5.74) is 0.550. The lowest BCUT2D eigenvalue weighted by molar-refractivity contribution is -0.218. The Morgan fingerprint density at radius 3 is 2.15 bits per heavy atom. The summed E-state index contributed by atoms with van der Waals surface area (Å²) in [5, 5.41) is 12.7. The third-order valence-electron chi connectivity index (χ3n) is 11.5. The van der Waals surface area contributed by atoms with Gasteiger partial charge in [-0.2, -0.15) is 11.8 Å². The molecule has 41 heavy (non-hydrogen) atoms. The topological polar surface area (TPSA) is 74.2 Å². The van der Waals surface area contributed by atoms with Gasteiger partial charge in [0.2, 0.25) is 0 Å². The highest BCUT2D eigenvalue weighted by Crippen LogP contribution is 2.70. The van der Waals surface area contributed by atoms with Crippen LogP contribution < -0.4 is 0 Å². The van der Waals surface area contributed by atoms with Gasteiger partial charge in [-0.25, -0.2) is 0 Å². The number of ketones is 1. The lowest BCUT2D eigenvalue weighted by Crippen LogP contribution is -2.75. The molecule has 216 valence electrons. The molecule has 2 aromatic rings. The van der Waals surface area contributed by atoms with Crippen LogP contribution in [0.5, 0.6) is 0 Å². The fraction of sp³-hybridized carbons (Fsp3) is 0.559. The highest BCUT2D eigenvalue weighted by molar-refractivity contribution is 8.01. The fourth-order valence-corrected chi connectivity index (χ4v) is 10.7. The zero-order valence-electron chi connectivity index (χ0n) is 24.0. The molecule has 6 nitrogen and oxygen atoms in total. The van der Waals surface area contributed by atoms with Crippen molar-refractivity contribution in [1.29, 1.82) is 0 Å². The monoisotopic (exact) mass is 574 g/mol. The summed E-state index contributed by atoms with van der Waals surface area (Å²) in [6.07, 6.45) is -0.523. The third-order valence-corrected chi connectivity index (χ3v) is 13.2. The van der Waals surface area contributed by atoms with Crippen LogP contribution in [0.15, 0.2) is 71.8 Å². The molecule has 5 fully saturated rings. The molecule has 3 saturated heterocycles. The Morgan fingerprint density at radius 1 is 0.878 bits per heavy atom. The van der Waals surface area contributed by atoms with E-state index >= 15 is 0 Å². The summed E-state index contributed by atoms with van der Waals surface area (Å²) in [4.78, 5) is 14.0. The van der Waals surface area contributed by atoms with E-state index in [-0.39, 0.29) is 29.5 Å². The smallest absolute Gasteiger partial charge is 0.185 e. The quantitative estimate of drug-likeness (QED) is 0.478. The number of carbonyl (C=O) groups is 1. The molecule has 0 aromatic heterocycles. The van der Waals surface area contributed by atoms with Gasteiger partial charge in [-0.05, 0) is 30.9 Å². The first-order valence-corrected chi connectivity index (χ1v) is 16.0. The molecular formula is C34H38O6S. The zero-order chi connectivity index (χ0) is 28.4. The highest BCUT2D eigenvalue weighted by Gasteiger charge is 2.77. The summed E-state index contributed by atoms with van der Waals surface area (Å²) in [6, 6.07) is 20.0. The second kappa shape index (κ2) is 8.77. The Bertz CT molecular complexity index is 1430. The van der Waals surface area contributed by atoms with Crippen LogP contribution in [0.2, 0.25) is 0 Å². The van der Waals surface area contributed by atoms with E-state index in [2.05, 4.69) is 20.8 Å². The van der Waals surface area contributed by atoms with E-state index < -0.39 is 46.8 Å². The van der Waals surface area contributed by atoms with Gasteiger partial charge in [0.05, 0.1) is 17.8 Å². The van der Waals surface area contributed by atoms with E-state index in [1.165, 1.54) is 0 Å². The van der Waals surface area contributed by atoms with E-state index in [0.717, 1.165) is 35.1 Å². The molecule has 3 aliphatic carbocycles. The third kappa shape index (κ3) is 3.36. The average molecular weight is 575 g/mol. The maximum absolute atomic E-state index is 14.0. The molecule has 2 saturated carbocycles. The second-order valence-corrected chi connectivity index (χ2v) is 14.9. The number of allylic oxidation sites excluding steroid dienone is 1. The summed E-state index contributed by atoms with van der Waals surface area (Å²) < 4.78 is 28.0. The summed E-state index contributed by atoms with van der Waals surface area (Å²) >= 11 is 1.84. The van der Waals surface area contributed by atoms with Crippen molar-refractivity contribution in [3.63, 3.8) is 0 Å². The lowest BCUT2D eigenvalue weighted by atomic mass is 9.46. The lowest BCUT2D eigenvalue weighted by Gasteiger charge is -2.66. The summed E-state index contributed by atoms with van der Waals surface area (Å²) in [5.74, 6) is 0.389. The largest absolute Gasteiger partial charge is 0.387 e. The number of ether oxygens (including phenoxy) is 4. The maximum atomic E-state index is 14.0. The number of aliphatic hydroxyl groups is 1. The molecule has 0 radical (unpaired) electrons. The average Bonchev–Trinajstić information content (AvgIpc) is 3.56. The fourth-order valence-electron chi connectivity index (χ4n) is 9.31. The van der Waals surface area contributed by atoms with Gasteiger partial charge in [0.25, 0.3) is 0 Å². The van der Waals surface area contributed by atoms with Crippen molar-refractivity contribution in [2.75, 3.05) is 5.75 Å². The minimum Gasteiger partial charge on any atom is -0.387 e. The van der Waals surface area contributed by atoms with Crippen LogP contribution in [0.4, 0.5) is 0 Å². The minimum absolute atomic E-state index is 0.0538. The van der Waals surface area contributed by atoms with E-state index in [1.54, 1.807) is 0 Å². The van der Waals surface area contributed by atoms with Gasteiger partial charge < -0.3 is 24.1 Å². The molecule has 0 unspecified atom stereocenters. The molecule has 3 aliphatic heterocycles. The van der Waals surface area contributed by atoms with Gasteiger partial charge in [0.1, 0.15) is 11.7 Å². The SMILES string of the molecule is CC1=C2[C@H]3O[C@H](c4ccccc4)O[C@@H]3[C@]3(C)CC[C@H]4SC[C@@]4(O)[C@H]3[C@@H]3O[C@H](c4ccccc4)O[C@@]3(CC1=O)C2(C)C. The molecular weight excluding hydrogens is 536 g/mol. The zero-order valence-corrected chi connectivity index (χ0v) is 24.9. The van der Waals surface area contributed by atoms with Crippen molar-refractivity contribution in [1.82, 2.24) is 0 Å². The van der Waals surface area contributed by atoms with Crippen molar-refractivity contribution >= 4 is 17.5 Å². The van der Waals surface area contributed by atoms with Gasteiger partial charge in [-0.15, -0.1) is 0 Å². The first-order valence-electron chi connectivity index (χ1n) is 14.9. The van der Waals surface area contributed by atoms with Crippen molar-refractivity contribution in [3.8, 4) is 0 Å². The molecule has 6 aliphatic rings. The van der Waals surface area contributed by atoms with Crippen molar-refractivity contribution < 1.29 is 28.8 Å². The second-order valence-electron chi connectivity index (χ2n) is 13.7. The molecule has 7 heteroatoms. The minimum atomic E-state index is -0.970. The standard InChI is InChI=1S/C34H38O6S/c1-19-22(35)17-34-28(39-30(40-34)21-13-9-6-10-14-21)26-32(4,16-15-23-33(26,36)18-41-23)27-25(24(19)31(34,2)3)37-29(38-27)20-11-7-5-8-12-20/h5-14,23,25-30,36H,15-18H2,1-4H3/t23-,25-,26+,27+,28+,29+,30+,32-,33+,34-/m1/s1. The molecule has 10 atom stereocenters. The maximum Gasteiger partial charge on any atom is 0.185 e. The van der Waals surface area contributed by atoms with Crippen molar-refractivity contribution in [2.24, 2.45) is 16.7 Å². The van der Waals surface area contributed by atoms with Crippen LogP contribution in [0.3, 0.4) is 0 Å². The molecule has 1 spiro atoms.